The molecule has 0 bridgehead atoms. The van der Waals surface area contributed by atoms with Gasteiger partial charge in [-0.3, -0.25) is 9.69 Å². The fraction of sp³-hybridized carbons (Fsp3) is 0.462. The van der Waals surface area contributed by atoms with Crippen LogP contribution in [-0.4, -0.2) is 43.7 Å². The average Bonchev–Trinajstić information content (AvgIpc) is 2.29. The molecule has 98 valence electrons. The fourth-order valence-electron chi connectivity index (χ4n) is 2.13. The van der Waals surface area contributed by atoms with Crippen LogP contribution in [0.3, 0.4) is 0 Å². The Bertz CT molecular complexity index is 416. The van der Waals surface area contributed by atoms with E-state index < -0.39 is 0 Å². The molecule has 1 unspecified atom stereocenters. The van der Waals surface area contributed by atoms with Gasteiger partial charge in [-0.05, 0) is 17.7 Å². The van der Waals surface area contributed by atoms with E-state index in [0.29, 0.717) is 11.6 Å². The van der Waals surface area contributed by atoms with Crippen molar-refractivity contribution in [3.8, 4) is 0 Å². The standard InChI is InChI=1S/C13H17ClN2O2/c1-18-11-6-16(7-11)8-12(13(15)17)9-2-4-10(14)5-3-9/h2-5,11-12H,6-8H2,1H3,(H2,15,17). The van der Waals surface area contributed by atoms with Gasteiger partial charge in [0.15, 0.2) is 0 Å². The van der Waals surface area contributed by atoms with Gasteiger partial charge in [0.1, 0.15) is 0 Å². The zero-order chi connectivity index (χ0) is 13.1. The topological polar surface area (TPSA) is 55.6 Å². The maximum Gasteiger partial charge on any atom is 0.226 e. The highest BCUT2D eigenvalue weighted by Crippen LogP contribution is 2.22. The first-order valence-corrected chi connectivity index (χ1v) is 6.28. The van der Waals surface area contributed by atoms with Crippen molar-refractivity contribution < 1.29 is 9.53 Å². The molecular weight excluding hydrogens is 252 g/mol. The summed E-state index contributed by atoms with van der Waals surface area (Å²) in [6.45, 7) is 2.35. The number of hydrogen-bond donors (Lipinski definition) is 1. The van der Waals surface area contributed by atoms with Crippen LogP contribution in [0.25, 0.3) is 0 Å². The van der Waals surface area contributed by atoms with Crippen molar-refractivity contribution in [2.75, 3.05) is 26.7 Å². The molecule has 2 rings (SSSR count). The molecule has 5 heteroatoms. The van der Waals surface area contributed by atoms with E-state index in [0.717, 1.165) is 18.7 Å². The molecule has 1 saturated heterocycles. The Labute approximate surface area is 112 Å². The zero-order valence-corrected chi connectivity index (χ0v) is 11.1. The largest absolute Gasteiger partial charge is 0.379 e. The van der Waals surface area contributed by atoms with Crippen molar-refractivity contribution in [2.24, 2.45) is 5.73 Å². The smallest absolute Gasteiger partial charge is 0.226 e. The van der Waals surface area contributed by atoms with Crippen molar-refractivity contribution in [3.05, 3.63) is 34.9 Å². The van der Waals surface area contributed by atoms with Gasteiger partial charge in [0.2, 0.25) is 5.91 Å². The number of halogens is 1. The van der Waals surface area contributed by atoms with E-state index in [1.165, 1.54) is 0 Å². The number of nitrogens with two attached hydrogens (primary N) is 1. The number of primary amides is 1. The van der Waals surface area contributed by atoms with Gasteiger partial charge in [-0.25, -0.2) is 0 Å². The number of benzene rings is 1. The normalized spacial score (nSPS) is 18.3. The molecule has 0 aromatic heterocycles. The van der Waals surface area contributed by atoms with E-state index in [4.69, 9.17) is 22.1 Å². The molecule has 2 N–H and O–H groups in total. The number of hydrogen-bond acceptors (Lipinski definition) is 3. The summed E-state index contributed by atoms with van der Waals surface area (Å²) in [5, 5.41) is 0.658. The maximum atomic E-state index is 11.5. The number of methoxy groups -OCH3 is 1. The first kappa shape index (κ1) is 13.3. The Morgan fingerprint density at radius 1 is 1.50 bits per heavy atom. The summed E-state index contributed by atoms with van der Waals surface area (Å²) >= 11 is 5.83. The first-order valence-electron chi connectivity index (χ1n) is 5.90. The molecular formula is C13H17ClN2O2. The summed E-state index contributed by atoms with van der Waals surface area (Å²) in [4.78, 5) is 13.7. The highest BCUT2D eigenvalue weighted by molar-refractivity contribution is 6.30. The molecule has 1 aliphatic rings. The van der Waals surface area contributed by atoms with Gasteiger partial charge in [-0.1, -0.05) is 23.7 Å². The summed E-state index contributed by atoms with van der Waals surface area (Å²) in [5.74, 6) is -0.599. The number of carbonyl (C=O) groups is 1. The van der Waals surface area contributed by atoms with Crippen LogP contribution in [0.2, 0.25) is 5.02 Å². The van der Waals surface area contributed by atoms with Crippen LogP contribution < -0.4 is 5.73 Å². The van der Waals surface area contributed by atoms with Gasteiger partial charge < -0.3 is 10.5 Å². The fourth-order valence-corrected chi connectivity index (χ4v) is 2.26. The number of ether oxygens (including phenoxy) is 1. The van der Waals surface area contributed by atoms with Gasteiger partial charge in [0.05, 0.1) is 12.0 Å². The van der Waals surface area contributed by atoms with E-state index in [9.17, 15) is 4.79 Å². The highest BCUT2D eigenvalue weighted by atomic mass is 35.5. The lowest BCUT2D eigenvalue weighted by atomic mass is 9.96. The van der Waals surface area contributed by atoms with E-state index in [-0.39, 0.29) is 17.9 Å². The Morgan fingerprint density at radius 3 is 2.61 bits per heavy atom. The second-order valence-electron chi connectivity index (χ2n) is 4.58. The monoisotopic (exact) mass is 268 g/mol. The van der Waals surface area contributed by atoms with Crippen molar-refractivity contribution in [1.82, 2.24) is 4.90 Å². The lowest BCUT2D eigenvalue weighted by Crippen LogP contribution is -2.53. The predicted octanol–water partition coefficient (Wildman–Crippen LogP) is 1.24. The summed E-state index contributed by atoms with van der Waals surface area (Å²) in [6, 6.07) is 7.26. The number of carbonyl (C=O) groups excluding carboxylic acids is 1. The molecule has 1 fully saturated rings. The molecule has 0 spiro atoms. The lowest BCUT2D eigenvalue weighted by Gasteiger charge is -2.39. The Hall–Kier alpha value is -1.10. The molecule has 1 atom stereocenters. The van der Waals surface area contributed by atoms with Gasteiger partial charge >= 0.3 is 0 Å². The molecule has 1 aromatic carbocycles. The number of nitrogens with zero attached hydrogens (tertiary/aromatic N) is 1. The molecule has 1 aromatic rings. The van der Waals surface area contributed by atoms with Crippen LogP contribution >= 0.6 is 11.6 Å². The molecule has 0 aliphatic carbocycles. The number of rotatable bonds is 5. The minimum absolute atomic E-state index is 0.281. The van der Waals surface area contributed by atoms with Crippen molar-refractivity contribution in [3.63, 3.8) is 0 Å². The Balaban J connectivity index is 2.01. The second-order valence-corrected chi connectivity index (χ2v) is 5.02. The molecule has 1 amide bonds. The van der Waals surface area contributed by atoms with Gasteiger partial charge in [-0.2, -0.15) is 0 Å². The molecule has 4 nitrogen and oxygen atoms in total. The van der Waals surface area contributed by atoms with Crippen LogP contribution in [-0.2, 0) is 9.53 Å². The Kier molecular flexibility index (Phi) is 4.22. The van der Waals surface area contributed by atoms with Crippen molar-refractivity contribution >= 4 is 17.5 Å². The van der Waals surface area contributed by atoms with Gasteiger partial charge in [0, 0.05) is 31.8 Å². The first-order chi connectivity index (χ1) is 8.60. The van der Waals surface area contributed by atoms with E-state index in [1.807, 2.05) is 12.1 Å². The van der Waals surface area contributed by atoms with E-state index >= 15 is 0 Å². The summed E-state index contributed by atoms with van der Waals surface area (Å²) in [6.07, 6.45) is 0.281. The third-order valence-corrected chi connectivity index (χ3v) is 3.57. The predicted molar refractivity (Wildman–Crippen MR) is 70.6 cm³/mol. The van der Waals surface area contributed by atoms with Gasteiger partial charge in [-0.15, -0.1) is 0 Å². The molecule has 0 radical (unpaired) electrons. The minimum atomic E-state index is -0.307. The zero-order valence-electron chi connectivity index (χ0n) is 10.3. The van der Waals surface area contributed by atoms with Crippen molar-refractivity contribution in [1.29, 1.82) is 0 Å². The molecule has 1 aliphatic heterocycles. The van der Waals surface area contributed by atoms with Crippen LogP contribution in [0.5, 0.6) is 0 Å². The summed E-state index contributed by atoms with van der Waals surface area (Å²) in [7, 11) is 1.70. The SMILES string of the molecule is COC1CN(CC(C(N)=O)c2ccc(Cl)cc2)C1. The lowest BCUT2D eigenvalue weighted by molar-refractivity contribution is -0.121. The minimum Gasteiger partial charge on any atom is -0.379 e. The second kappa shape index (κ2) is 5.69. The third-order valence-electron chi connectivity index (χ3n) is 3.31. The number of amides is 1. The van der Waals surface area contributed by atoms with Crippen LogP contribution in [0.4, 0.5) is 0 Å². The van der Waals surface area contributed by atoms with E-state index in [2.05, 4.69) is 4.90 Å². The van der Waals surface area contributed by atoms with Crippen LogP contribution in [0, 0.1) is 0 Å². The third kappa shape index (κ3) is 3.02. The quantitative estimate of drug-likeness (QED) is 0.874. The van der Waals surface area contributed by atoms with Crippen LogP contribution in [0.15, 0.2) is 24.3 Å². The van der Waals surface area contributed by atoms with Gasteiger partial charge in [0.25, 0.3) is 0 Å². The maximum absolute atomic E-state index is 11.5. The summed E-state index contributed by atoms with van der Waals surface area (Å²) in [5.41, 5.74) is 6.38. The molecule has 1 heterocycles. The molecule has 18 heavy (non-hydrogen) atoms. The molecule has 0 saturated carbocycles. The van der Waals surface area contributed by atoms with Crippen molar-refractivity contribution in [2.45, 2.75) is 12.0 Å². The summed E-state index contributed by atoms with van der Waals surface area (Å²) < 4.78 is 5.20. The van der Waals surface area contributed by atoms with Crippen LogP contribution in [0.1, 0.15) is 11.5 Å². The Morgan fingerprint density at radius 2 is 2.11 bits per heavy atom. The highest BCUT2D eigenvalue weighted by Gasteiger charge is 2.30. The average molecular weight is 269 g/mol. The van der Waals surface area contributed by atoms with E-state index in [1.54, 1.807) is 19.2 Å². The number of likely N-dealkylation sites (tertiary alicyclic amines) is 1.